The molecule has 1 atom stereocenters. The Hall–Kier alpha value is -3.55. The van der Waals surface area contributed by atoms with Gasteiger partial charge in [0, 0.05) is 30.8 Å². The van der Waals surface area contributed by atoms with Crippen LogP contribution < -0.4 is 20.1 Å². The number of nitrogens with zero attached hydrogens (tertiary/aromatic N) is 1. The van der Waals surface area contributed by atoms with Gasteiger partial charge in [0.15, 0.2) is 0 Å². The van der Waals surface area contributed by atoms with Gasteiger partial charge in [0.25, 0.3) is 11.8 Å². The van der Waals surface area contributed by atoms with Crippen LogP contribution in [0.4, 0.5) is 0 Å². The van der Waals surface area contributed by atoms with Crippen LogP contribution in [0.5, 0.6) is 11.5 Å². The van der Waals surface area contributed by atoms with Gasteiger partial charge in [-0.1, -0.05) is 19.9 Å². The van der Waals surface area contributed by atoms with E-state index in [2.05, 4.69) is 10.6 Å². The first-order chi connectivity index (χ1) is 16.8. The van der Waals surface area contributed by atoms with Crippen molar-refractivity contribution in [1.82, 2.24) is 15.5 Å². The van der Waals surface area contributed by atoms with E-state index in [0.29, 0.717) is 61.0 Å². The number of carbonyl (C=O) groups excluding carboxylic acids is 3. The predicted molar refractivity (Wildman–Crippen MR) is 134 cm³/mol. The van der Waals surface area contributed by atoms with E-state index in [1.165, 1.54) is 0 Å². The highest BCUT2D eigenvalue weighted by Crippen LogP contribution is 2.24. The zero-order valence-corrected chi connectivity index (χ0v) is 20.9. The van der Waals surface area contributed by atoms with Crippen molar-refractivity contribution < 1.29 is 23.9 Å². The molecular formula is C27H35N3O5. The zero-order chi connectivity index (χ0) is 25.4. The molecular weight excluding hydrogens is 446 g/mol. The summed E-state index contributed by atoms with van der Waals surface area (Å²) in [5.74, 6) is 0.920. The Labute approximate surface area is 207 Å². The molecule has 1 saturated heterocycles. The third-order valence-electron chi connectivity index (χ3n) is 6.22. The molecule has 1 fully saturated rings. The monoisotopic (exact) mass is 481 g/mol. The number of methoxy groups -OCH3 is 2. The number of rotatable bonds is 9. The van der Waals surface area contributed by atoms with Crippen molar-refractivity contribution in [3.63, 3.8) is 0 Å². The molecule has 0 aliphatic carbocycles. The summed E-state index contributed by atoms with van der Waals surface area (Å²) in [5.41, 5.74) is 1.03. The molecule has 1 aliphatic rings. The van der Waals surface area contributed by atoms with Crippen LogP contribution >= 0.6 is 0 Å². The third kappa shape index (κ3) is 6.97. The molecule has 0 saturated carbocycles. The van der Waals surface area contributed by atoms with Gasteiger partial charge in [-0.25, -0.2) is 0 Å². The standard InChI is InChI=1S/C27H35N3O5/c1-18(2)17-28-26(32)24(29-25(31)20-8-10-22(34-3)11-9-20)19-12-14-30(15-13-19)27(33)21-6-5-7-23(16-21)35-4/h5-11,16,18-19,24H,12-15,17H2,1-4H3,(H,28,32)(H,29,31)/t24-/m1/s1. The number of hydrogen-bond acceptors (Lipinski definition) is 5. The Kier molecular flexibility index (Phi) is 9.11. The van der Waals surface area contributed by atoms with Gasteiger partial charge in [-0.3, -0.25) is 14.4 Å². The Morgan fingerprint density at radius 2 is 1.60 bits per heavy atom. The maximum atomic E-state index is 13.1. The molecule has 0 radical (unpaired) electrons. The number of carbonyl (C=O) groups is 3. The average Bonchev–Trinajstić information content (AvgIpc) is 2.90. The van der Waals surface area contributed by atoms with Crippen LogP contribution in [-0.2, 0) is 4.79 Å². The molecule has 3 amide bonds. The molecule has 0 spiro atoms. The quantitative estimate of drug-likeness (QED) is 0.574. The number of nitrogens with one attached hydrogen (secondary N) is 2. The van der Waals surface area contributed by atoms with Crippen LogP contribution in [0.15, 0.2) is 48.5 Å². The molecule has 0 aromatic heterocycles. The maximum Gasteiger partial charge on any atom is 0.253 e. The molecule has 1 aliphatic heterocycles. The van der Waals surface area contributed by atoms with Gasteiger partial charge in [0.2, 0.25) is 5.91 Å². The van der Waals surface area contributed by atoms with E-state index >= 15 is 0 Å². The molecule has 0 unspecified atom stereocenters. The van der Waals surface area contributed by atoms with Crippen LogP contribution in [0.2, 0.25) is 0 Å². The first-order valence-corrected chi connectivity index (χ1v) is 12.0. The minimum absolute atomic E-state index is 0.0644. The Bertz CT molecular complexity index is 1010. The van der Waals surface area contributed by atoms with Gasteiger partial charge < -0.3 is 25.0 Å². The highest BCUT2D eigenvalue weighted by atomic mass is 16.5. The summed E-state index contributed by atoms with van der Waals surface area (Å²) in [6, 6.07) is 13.2. The second-order valence-corrected chi connectivity index (χ2v) is 9.18. The molecule has 35 heavy (non-hydrogen) atoms. The number of amides is 3. The molecule has 0 bridgehead atoms. The van der Waals surface area contributed by atoms with Crippen LogP contribution in [0.3, 0.4) is 0 Å². The van der Waals surface area contributed by atoms with E-state index in [1.807, 2.05) is 13.8 Å². The lowest BCUT2D eigenvalue weighted by Crippen LogP contribution is -2.54. The molecule has 188 valence electrons. The zero-order valence-electron chi connectivity index (χ0n) is 20.9. The van der Waals surface area contributed by atoms with Crippen molar-refractivity contribution in [1.29, 1.82) is 0 Å². The molecule has 8 nitrogen and oxygen atoms in total. The van der Waals surface area contributed by atoms with Gasteiger partial charge in [-0.2, -0.15) is 0 Å². The lowest BCUT2D eigenvalue weighted by atomic mass is 9.88. The van der Waals surface area contributed by atoms with E-state index in [4.69, 9.17) is 9.47 Å². The van der Waals surface area contributed by atoms with Crippen LogP contribution in [0, 0.1) is 11.8 Å². The highest BCUT2D eigenvalue weighted by Gasteiger charge is 2.34. The summed E-state index contributed by atoms with van der Waals surface area (Å²) < 4.78 is 10.4. The lowest BCUT2D eigenvalue weighted by Gasteiger charge is -2.36. The number of hydrogen-bond donors (Lipinski definition) is 2. The number of likely N-dealkylation sites (tertiary alicyclic amines) is 1. The second-order valence-electron chi connectivity index (χ2n) is 9.18. The lowest BCUT2D eigenvalue weighted by molar-refractivity contribution is -0.124. The molecule has 2 aromatic carbocycles. The molecule has 3 rings (SSSR count). The largest absolute Gasteiger partial charge is 0.497 e. The molecule has 2 aromatic rings. The van der Waals surface area contributed by atoms with E-state index in [1.54, 1.807) is 67.7 Å². The molecule has 2 N–H and O–H groups in total. The predicted octanol–water partition coefficient (Wildman–Crippen LogP) is 3.13. The second kappa shape index (κ2) is 12.2. The van der Waals surface area contributed by atoms with E-state index in [9.17, 15) is 14.4 Å². The fourth-order valence-electron chi connectivity index (χ4n) is 4.15. The van der Waals surface area contributed by atoms with Crippen molar-refractivity contribution in [2.45, 2.75) is 32.7 Å². The highest BCUT2D eigenvalue weighted by molar-refractivity contribution is 5.98. The van der Waals surface area contributed by atoms with E-state index in [-0.39, 0.29) is 23.6 Å². The van der Waals surface area contributed by atoms with Crippen LogP contribution in [0.1, 0.15) is 47.4 Å². The average molecular weight is 482 g/mol. The van der Waals surface area contributed by atoms with Gasteiger partial charge in [0.1, 0.15) is 17.5 Å². The topological polar surface area (TPSA) is 97.0 Å². The third-order valence-corrected chi connectivity index (χ3v) is 6.22. The summed E-state index contributed by atoms with van der Waals surface area (Å²) in [6.07, 6.45) is 1.22. The normalized spacial score (nSPS) is 14.8. The first kappa shape index (κ1) is 26.1. The van der Waals surface area contributed by atoms with E-state index < -0.39 is 6.04 Å². The number of piperidine rings is 1. The van der Waals surface area contributed by atoms with Crippen molar-refractivity contribution in [3.8, 4) is 11.5 Å². The maximum absolute atomic E-state index is 13.1. The summed E-state index contributed by atoms with van der Waals surface area (Å²) in [4.78, 5) is 40.8. The van der Waals surface area contributed by atoms with Gasteiger partial charge in [-0.05, 0) is 67.1 Å². The van der Waals surface area contributed by atoms with Crippen LogP contribution in [-0.4, -0.2) is 62.5 Å². The smallest absolute Gasteiger partial charge is 0.253 e. The van der Waals surface area contributed by atoms with Crippen molar-refractivity contribution in [2.24, 2.45) is 11.8 Å². The molecule has 1 heterocycles. The Balaban J connectivity index is 1.68. The fraction of sp³-hybridized carbons (Fsp3) is 0.444. The first-order valence-electron chi connectivity index (χ1n) is 12.0. The van der Waals surface area contributed by atoms with Gasteiger partial charge in [0.05, 0.1) is 14.2 Å². The van der Waals surface area contributed by atoms with Crippen molar-refractivity contribution >= 4 is 17.7 Å². The fourth-order valence-corrected chi connectivity index (χ4v) is 4.15. The SMILES string of the molecule is COc1ccc(C(=O)N[C@@H](C(=O)NCC(C)C)C2CCN(C(=O)c3cccc(OC)c3)CC2)cc1. The Morgan fingerprint density at radius 3 is 2.20 bits per heavy atom. The van der Waals surface area contributed by atoms with Crippen LogP contribution in [0.25, 0.3) is 0 Å². The van der Waals surface area contributed by atoms with Gasteiger partial charge in [-0.15, -0.1) is 0 Å². The minimum Gasteiger partial charge on any atom is -0.497 e. The molecule has 8 heteroatoms. The number of ether oxygens (including phenoxy) is 2. The summed E-state index contributed by atoms with van der Waals surface area (Å²) in [7, 11) is 3.13. The summed E-state index contributed by atoms with van der Waals surface area (Å²) in [5, 5.41) is 5.90. The summed E-state index contributed by atoms with van der Waals surface area (Å²) in [6.45, 7) is 5.59. The van der Waals surface area contributed by atoms with Crippen molar-refractivity contribution in [2.75, 3.05) is 33.9 Å². The number of benzene rings is 2. The van der Waals surface area contributed by atoms with E-state index in [0.717, 1.165) is 0 Å². The Morgan fingerprint density at radius 1 is 0.943 bits per heavy atom. The summed E-state index contributed by atoms with van der Waals surface area (Å²) >= 11 is 0. The minimum atomic E-state index is -0.683. The van der Waals surface area contributed by atoms with Crippen molar-refractivity contribution in [3.05, 3.63) is 59.7 Å². The van der Waals surface area contributed by atoms with Gasteiger partial charge >= 0.3 is 0 Å².